The van der Waals surface area contributed by atoms with E-state index in [2.05, 4.69) is 20.8 Å². The topological polar surface area (TPSA) is 78.9 Å². The van der Waals surface area contributed by atoms with Crippen LogP contribution < -0.4 is 0 Å². The SMILES string of the molecule is CCCCCCCCCCCCCCCCCC=CC(=O)OC[C@@H](COC(=O)CCCCCCCCCCCCCCCCC)OC(=O)CCCCCCCCCCCCCCCCC. The lowest BCUT2D eigenvalue weighted by Crippen LogP contribution is -2.30. The summed E-state index contributed by atoms with van der Waals surface area (Å²) in [5, 5.41) is 0. The maximum absolute atomic E-state index is 12.8. The van der Waals surface area contributed by atoms with Crippen molar-refractivity contribution in [3.8, 4) is 0 Å². The standard InChI is InChI=1S/C59H112O6/c1-4-7-10-13-16-19-22-25-28-29-32-34-37-40-43-46-49-52-58(61)64-55-56(65-59(62)53-50-47-44-41-38-35-31-27-24-21-18-15-12-9-6-3)54-63-57(60)51-48-45-42-39-36-33-30-26-23-20-17-14-11-8-5-2/h49,52,56H,4-48,50-51,53-55H2,1-3H3/t56-/m1/s1. The summed E-state index contributed by atoms with van der Waals surface area (Å²) in [5.41, 5.74) is 0. The predicted molar refractivity (Wildman–Crippen MR) is 280 cm³/mol. The fourth-order valence-corrected chi connectivity index (χ4v) is 8.94. The lowest BCUT2D eigenvalue weighted by atomic mass is 10.0. The number of carbonyl (C=O) groups excluding carboxylic acids is 3. The van der Waals surface area contributed by atoms with Crippen molar-refractivity contribution >= 4 is 17.9 Å². The Balaban J connectivity index is 4.34. The molecule has 0 N–H and O–H groups in total. The molecule has 6 heteroatoms. The molecule has 0 rings (SSSR count). The van der Waals surface area contributed by atoms with Gasteiger partial charge in [-0.2, -0.15) is 0 Å². The first kappa shape index (κ1) is 63.1. The molecule has 0 heterocycles. The second kappa shape index (κ2) is 54.8. The minimum atomic E-state index is -0.795. The molecule has 384 valence electrons. The fourth-order valence-electron chi connectivity index (χ4n) is 8.94. The van der Waals surface area contributed by atoms with Gasteiger partial charge in [-0.1, -0.05) is 297 Å². The number of carbonyl (C=O) groups is 3. The second-order valence-corrected chi connectivity index (χ2v) is 20.0. The highest BCUT2D eigenvalue weighted by molar-refractivity contribution is 5.81. The number of hydrogen-bond acceptors (Lipinski definition) is 6. The molecule has 0 aromatic carbocycles. The molecular weight excluding hydrogens is 805 g/mol. The van der Waals surface area contributed by atoms with Crippen LogP contribution >= 0.6 is 0 Å². The minimum Gasteiger partial charge on any atom is -0.462 e. The van der Waals surface area contributed by atoms with Crippen molar-refractivity contribution in [2.75, 3.05) is 13.2 Å². The van der Waals surface area contributed by atoms with Gasteiger partial charge in [0, 0.05) is 18.9 Å². The van der Waals surface area contributed by atoms with E-state index in [9.17, 15) is 14.4 Å². The quantitative estimate of drug-likeness (QED) is 0.0262. The van der Waals surface area contributed by atoms with E-state index in [-0.39, 0.29) is 25.2 Å². The number of allylic oxidation sites excluding steroid dienone is 1. The van der Waals surface area contributed by atoms with Crippen LogP contribution in [0.25, 0.3) is 0 Å². The molecule has 0 fully saturated rings. The minimum absolute atomic E-state index is 0.0850. The number of hydrogen-bond donors (Lipinski definition) is 0. The van der Waals surface area contributed by atoms with Gasteiger partial charge < -0.3 is 14.2 Å². The Labute approximate surface area is 405 Å². The Morgan fingerprint density at radius 3 is 0.908 bits per heavy atom. The van der Waals surface area contributed by atoms with Crippen LogP contribution in [0.5, 0.6) is 0 Å². The number of ether oxygens (including phenoxy) is 3. The second-order valence-electron chi connectivity index (χ2n) is 20.0. The van der Waals surface area contributed by atoms with Gasteiger partial charge in [-0.25, -0.2) is 4.79 Å². The van der Waals surface area contributed by atoms with E-state index >= 15 is 0 Å². The van der Waals surface area contributed by atoms with Gasteiger partial charge in [0.1, 0.15) is 13.2 Å². The van der Waals surface area contributed by atoms with Crippen LogP contribution in [-0.4, -0.2) is 37.2 Å². The fraction of sp³-hybridized carbons (Fsp3) is 0.915. The van der Waals surface area contributed by atoms with E-state index in [1.165, 1.54) is 250 Å². The van der Waals surface area contributed by atoms with Crippen molar-refractivity contribution < 1.29 is 28.6 Å². The molecule has 1 atom stereocenters. The van der Waals surface area contributed by atoms with Crippen LogP contribution in [0, 0.1) is 0 Å². The highest BCUT2D eigenvalue weighted by Gasteiger charge is 2.19. The zero-order valence-corrected chi connectivity index (χ0v) is 44.0. The van der Waals surface area contributed by atoms with Crippen molar-refractivity contribution in [3.63, 3.8) is 0 Å². The Morgan fingerprint density at radius 2 is 0.585 bits per heavy atom. The first-order valence-electron chi connectivity index (χ1n) is 29.2. The van der Waals surface area contributed by atoms with Gasteiger partial charge in [0.05, 0.1) is 0 Å². The molecule has 0 radical (unpaired) electrons. The van der Waals surface area contributed by atoms with E-state index in [0.717, 1.165) is 51.4 Å². The molecule has 0 saturated heterocycles. The number of rotatable bonds is 54. The summed E-state index contributed by atoms with van der Waals surface area (Å²) in [4.78, 5) is 38.0. The largest absolute Gasteiger partial charge is 0.462 e. The molecular formula is C59H112O6. The third kappa shape index (κ3) is 53.0. The van der Waals surface area contributed by atoms with Gasteiger partial charge in [0.15, 0.2) is 6.10 Å². The predicted octanol–water partition coefficient (Wildman–Crippen LogP) is 19.3. The first-order valence-corrected chi connectivity index (χ1v) is 29.2. The zero-order valence-electron chi connectivity index (χ0n) is 44.0. The van der Waals surface area contributed by atoms with Crippen LogP contribution in [0.15, 0.2) is 12.2 Å². The molecule has 0 aromatic heterocycles. The van der Waals surface area contributed by atoms with Crippen molar-refractivity contribution in [1.82, 2.24) is 0 Å². The number of esters is 3. The first-order chi connectivity index (χ1) is 32.0. The van der Waals surface area contributed by atoms with E-state index < -0.39 is 12.1 Å². The highest BCUT2D eigenvalue weighted by Crippen LogP contribution is 2.17. The van der Waals surface area contributed by atoms with Crippen molar-refractivity contribution in [2.45, 2.75) is 335 Å². The molecule has 0 aliphatic carbocycles. The summed E-state index contributed by atoms with van der Waals surface area (Å²) in [6, 6.07) is 0. The molecule has 6 nitrogen and oxygen atoms in total. The summed E-state index contributed by atoms with van der Waals surface area (Å²) in [7, 11) is 0. The van der Waals surface area contributed by atoms with Crippen LogP contribution in [0.3, 0.4) is 0 Å². The van der Waals surface area contributed by atoms with Crippen LogP contribution in [-0.2, 0) is 28.6 Å². The van der Waals surface area contributed by atoms with Crippen molar-refractivity contribution in [1.29, 1.82) is 0 Å². The summed E-state index contributed by atoms with van der Waals surface area (Å²) < 4.78 is 16.8. The molecule has 0 unspecified atom stereocenters. The Morgan fingerprint density at radius 1 is 0.323 bits per heavy atom. The molecule has 0 aromatic rings. The van der Waals surface area contributed by atoms with Crippen LogP contribution in [0.2, 0.25) is 0 Å². The van der Waals surface area contributed by atoms with Crippen LogP contribution in [0.1, 0.15) is 329 Å². The average Bonchev–Trinajstić information content (AvgIpc) is 3.30. The average molecular weight is 918 g/mol. The summed E-state index contributed by atoms with van der Waals surface area (Å²) in [6.45, 7) is 6.63. The van der Waals surface area contributed by atoms with Gasteiger partial charge in [0.2, 0.25) is 0 Å². The van der Waals surface area contributed by atoms with Gasteiger partial charge in [-0.3, -0.25) is 9.59 Å². The monoisotopic (exact) mass is 917 g/mol. The Bertz CT molecular complexity index is 1010. The Kier molecular flexibility index (Phi) is 53.2. The summed E-state index contributed by atoms with van der Waals surface area (Å²) >= 11 is 0. The molecule has 0 saturated carbocycles. The van der Waals surface area contributed by atoms with Gasteiger partial charge in [-0.05, 0) is 25.7 Å². The zero-order chi connectivity index (χ0) is 47.2. The third-order valence-corrected chi connectivity index (χ3v) is 13.3. The normalized spacial score (nSPS) is 12.0. The Hall–Kier alpha value is -1.85. The summed E-state index contributed by atoms with van der Waals surface area (Å²) in [6.07, 6.45) is 62.4. The van der Waals surface area contributed by atoms with Gasteiger partial charge in [0.25, 0.3) is 0 Å². The highest BCUT2D eigenvalue weighted by atomic mass is 16.6. The lowest BCUT2D eigenvalue weighted by Gasteiger charge is -2.18. The maximum atomic E-state index is 12.8. The van der Waals surface area contributed by atoms with E-state index in [4.69, 9.17) is 14.2 Å². The smallest absolute Gasteiger partial charge is 0.330 e. The lowest BCUT2D eigenvalue weighted by molar-refractivity contribution is -0.165. The van der Waals surface area contributed by atoms with Gasteiger partial charge in [-0.15, -0.1) is 0 Å². The molecule has 65 heavy (non-hydrogen) atoms. The van der Waals surface area contributed by atoms with Crippen LogP contribution in [0.4, 0.5) is 0 Å². The van der Waals surface area contributed by atoms with E-state index in [0.29, 0.717) is 12.8 Å². The summed E-state index contributed by atoms with van der Waals surface area (Å²) in [5.74, 6) is -1.04. The molecule has 0 aliphatic heterocycles. The maximum Gasteiger partial charge on any atom is 0.330 e. The van der Waals surface area contributed by atoms with Crippen molar-refractivity contribution in [3.05, 3.63) is 12.2 Å². The molecule has 0 spiro atoms. The molecule has 0 amide bonds. The van der Waals surface area contributed by atoms with Crippen molar-refractivity contribution in [2.24, 2.45) is 0 Å². The van der Waals surface area contributed by atoms with E-state index in [1.807, 2.05) is 6.08 Å². The number of unbranched alkanes of at least 4 members (excludes halogenated alkanes) is 43. The van der Waals surface area contributed by atoms with E-state index in [1.54, 1.807) is 0 Å². The molecule has 0 bridgehead atoms. The molecule has 0 aliphatic rings. The third-order valence-electron chi connectivity index (χ3n) is 13.3. The van der Waals surface area contributed by atoms with Gasteiger partial charge >= 0.3 is 17.9 Å².